The second-order valence-electron chi connectivity index (χ2n) is 4.32. The van der Waals surface area contributed by atoms with Crippen LogP contribution in [0.5, 0.6) is 0 Å². The molecular weight excluding hydrogens is 314 g/mol. The molecule has 0 aliphatic carbocycles. The molecule has 0 aromatic heterocycles. The number of hydrogen-bond acceptors (Lipinski definition) is 4. The van der Waals surface area contributed by atoms with Crippen molar-refractivity contribution in [2.45, 2.75) is 26.3 Å². The van der Waals surface area contributed by atoms with E-state index in [0.29, 0.717) is 12.2 Å². The van der Waals surface area contributed by atoms with E-state index in [0.717, 1.165) is 4.47 Å². The molecule has 1 amide bonds. The maximum Gasteiger partial charge on any atom is 0.292 e. The summed E-state index contributed by atoms with van der Waals surface area (Å²) in [6.45, 7) is 4.10. The molecular formula is C12H16BrN3O3. The molecule has 0 radical (unpaired) electrons. The van der Waals surface area contributed by atoms with Crippen LogP contribution in [0.1, 0.15) is 20.3 Å². The van der Waals surface area contributed by atoms with Gasteiger partial charge in [0.1, 0.15) is 5.69 Å². The van der Waals surface area contributed by atoms with Gasteiger partial charge in [-0.05, 0) is 26.0 Å². The van der Waals surface area contributed by atoms with Crippen LogP contribution in [-0.4, -0.2) is 23.4 Å². The van der Waals surface area contributed by atoms with Gasteiger partial charge < -0.3 is 10.6 Å². The Balaban J connectivity index is 2.60. The third kappa shape index (κ3) is 5.25. The molecule has 0 unspecified atom stereocenters. The summed E-state index contributed by atoms with van der Waals surface area (Å²) in [6.07, 6.45) is 0.266. The van der Waals surface area contributed by atoms with Crippen molar-refractivity contribution in [1.29, 1.82) is 0 Å². The highest BCUT2D eigenvalue weighted by Gasteiger charge is 2.13. The summed E-state index contributed by atoms with van der Waals surface area (Å²) in [4.78, 5) is 21.8. The molecule has 7 heteroatoms. The molecule has 0 bridgehead atoms. The summed E-state index contributed by atoms with van der Waals surface area (Å²) in [6, 6.07) is 4.74. The van der Waals surface area contributed by atoms with Gasteiger partial charge in [-0.3, -0.25) is 14.9 Å². The average Bonchev–Trinajstić information content (AvgIpc) is 2.27. The Morgan fingerprint density at radius 3 is 2.74 bits per heavy atom. The van der Waals surface area contributed by atoms with Crippen molar-refractivity contribution in [2.24, 2.45) is 0 Å². The van der Waals surface area contributed by atoms with Crippen molar-refractivity contribution < 1.29 is 9.72 Å². The summed E-state index contributed by atoms with van der Waals surface area (Å²) in [5.41, 5.74) is 0.393. The molecule has 19 heavy (non-hydrogen) atoms. The van der Waals surface area contributed by atoms with Crippen LogP contribution < -0.4 is 10.6 Å². The van der Waals surface area contributed by atoms with E-state index in [4.69, 9.17) is 0 Å². The number of carbonyl (C=O) groups excluding carboxylic acids is 1. The van der Waals surface area contributed by atoms with Crippen LogP contribution in [-0.2, 0) is 4.79 Å². The van der Waals surface area contributed by atoms with Crippen molar-refractivity contribution >= 4 is 33.2 Å². The van der Waals surface area contributed by atoms with Crippen LogP contribution in [0.4, 0.5) is 11.4 Å². The van der Waals surface area contributed by atoms with Gasteiger partial charge in [0.15, 0.2) is 0 Å². The Labute approximate surface area is 119 Å². The molecule has 0 aliphatic rings. The average molecular weight is 330 g/mol. The van der Waals surface area contributed by atoms with Crippen LogP contribution >= 0.6 is 15.9 Å². The zero-order valence-corrected chi connectivity index (χ0v) is 12.4. The van der Waals surface area contributed by atoms with E-state index in [2.05, 4.69) is 26.6 Å². The number of hydrogen-bond donors (Lipinski definition) is 2. The zero-order valence-electron chi connectivity index (χ0n) is 10.8. The maximum absolute atomic E-state index is 11.4. The van der Waals surface area contributed by atoms with Gasteiger partial charge in [0.2, 0.25) is 5.91 Å². The molecule has 104 valence electrons. The standard InChI is InChI=1S/C12H16BrN3O3/c1-8(2)15-12(17)5-6-14-10-7-9(13)3-4-11(10)16(18)19/h3-4,7-8,14H,5-6H2,1-2H3,(H,15,17). The lowest BCUT2D eigenvalue weighted by molar-refractivity contribution is -0.384. The van der Waals surface area contributed by atoms with E-state index in [9.17, 15) is 14.9 Å². The Morgan fingerprint density at radius 2 is 2.16 bits per heavy atom. The number of carbonyl (C=O) groups is 1. The fraction of sp³-hybridized carbons (Fsp3) is 0.417. The number of nitrogens with one attached hydrogen (secondary N) is 2. The van der Waals surface area contributed by atoms with Crippen molar-refractivity contribution in [3.05, 3.63) is 32.8 Å². The van der Waals surface area contributed by atoms with Gasteiger partial charge in [-0.25, -0.2) is 0 Å². The number of anilines is 1. The highest BCUT2D eigenvalue weighted by molar-refractivity contribution is 9.10. The molecule has 0 heterocycles. The van der Waals surface area contributed by atoms with E-state index in [1.54, 1.807) is 12.1 Å². The number of rotatable bonds is 6. The predicted octanol–water partition coefficient (Wildman–Crippen LogP) is 2.68. The second kappa shape index (κ2) is 7.08. The quantitative estimate of drug-likeness (QED) is 0.620. The monoisotopic (exact) mass is 329 g/mol. The van der Waals surface area contributed by atoms with Gasteiger partial charge >= 0.3 is 0 Å². The number of amides is 1. The molecule has 0 fully saturated rings. The number of benzene rings is 1. The molecule has 6 nitrogen and oxygen atoms in total. The fourth-order valence-corrected chi connectivity index (χ4v) is 1.87. The summed E-state index contributed by atoms with van der Waals surface area (Å²) in [5, 5.41) is 16.5. The van der Waals surface area contributed by atoms with E-state index in [-0.39, 0.29) is 24.1 Å². The van der Waals surface area contributed by atoms with Gasteiger partial charge in [-0.15, -0.1) is 0 Å². The van der Waals surface area contributed by atoms with Crippen molar-refractivity contribution in [1.82, 2.24) is 5.32 Å². The van der Waals surface area contributed by atoms with E-state index >= 15 is 0 Å². The highest BCUT2D eigenvalue weighted by Crippen LogP contribution is 2.27. The first kappa shape index (κ1) is 15.4. The first-order chi connectivity index (χ1) is 8.90. The first-order valence-electron chi connectivity index (χ1n) is 5.87. The Kier molecular flexibility index (Phi) is 5.75. The molecule has 0 atom stereocenters. The number of nitro benzene ring substituents is 1. The summed E-state index contributed by atoms with van der Waals surface area (Å²) in [5.74, 6) is -0.0832. The first-order valence-corrected chi connectivity index (χ1v) is 6.66. The smallest absolute Gasteiger partial charge is 0.292 e. The number of halogens is 1. The summed E-state index contributed by atoms with van der Waals surface area (Å²) < 4.78 is 0.743. The molecule has 0 saturated heterocycles. The summed E-state index contributed by atoms with van der Waals surface area (Å²) >= 11 is 3.26. The topological polar surface area (TPSA) is 84.3 Å². The van der Waals surface area contributed by atoms with E-state index in [1.165, 1.54) is 6.07 Å². The highest BCUT2D eigenvalue weighted by atomic mass is 79.9. The third-order valence-electron chi connectivity index (χ3n) is 2.27. The molecule has 0 aliphatic heterocycles. The van der Waals surface area contributed by atoms with Crippen LogP contribution in [0, 0.1) is 10.1 Å². The lowest BCUT2D eigenvalue weighted by atomic mass is 10.2. The van der Waals surface area contributed by atoms with Crippen LogP contribution in [0.25, 0.3) is 0 Å². The molecule has 0 spiro atoms. The maximum atomic E-state index is 11.4. The SMILES string of the molecule is CC(C)NC(=O)CCNc1cc(Br)ccc1[N+](=O)[O-]. The third-order valence-corrected chi connectivity index (χ3v) is 2.77. The predicted molar refractivity (Wildman–Crippen MR) is 77.2 cm³/mol. The van der Waals surface area contributed by atoms with Crippen LogP contribution in [0.2, 0.25) is 0 Å². The normalized spacial score (nSPS) is 10.3. The number of nitrogens with zero attached hydrogens (tertiary/aromatic N) is 1. The van der Waals surface area contributed by atoms with Gasteiger partial charge in [0, 0.05) is 29.5 Å². The minimum absolute atomic E-state index is 0.00697. The largest absolute Gasteiger partial charge is 0.379 e. The van der Waals surface area contributed by atoms with Gasteiger partial charge in [0.05, 0.1) is 4.92 Å². The lowest BCUT2D eigenvalue weighted by Gasteiger charge is -2.10. The van der Waals surface area contributed by atoms with Crippen molar-refractivity contribution in [2.75, 3.05) is 11.9 Å². The molecule has 2 N–H and O–H groups in total. The van der Waals surface area contributed by atoms with Crippen molar-refractivity contribution in [3.63, 3.8) is 0 Å². The zero-order chi connectivity index (χ0) is 14.4. The van der Waals surface area contributed by atoms with Gasteiger partial charge in [-0.1, -0.05) is 15.9 Å². The molecule has 0 saturated carbocycles. The minimum atomic E-state index is -0.455. The van der Waals surface area contributed by atoms with E-state index < -0.39 is 4.92 Å². The van der Waals surface area contributed by atoms with E-state index in [1.807, 2.05) is 13.8 Å². The molecule has 1 aromatic carbocycles. The Bertz CT molecular complexity index is 477. The van der Waals surface area contributed by atoms with Gasteiger partial charge in [0.25, 0.3) is 5.69 Å². The lowest BCUT2D eigenvalue weighted by Crippen LogP contribution is -2.31. The van der Waals surface area contributed by atoms with Crippen LogP contribution in [0.3, 0.4) is 0 Å². The summed E-state index contributed by atoms with van der Waals surface area (Å²) in [7, 11) is 0. The van der Waals surface area contributed by atoms with Crippen LogP contribution in [0.15, 0.2) is 22.7 Å². The Hall–Kier alpha value is -1.63. The molecule has 1 rings (SSSR count). The second-order valence-corrected chi connectivity index (χ2v) is 5.23. The molecule has 1 aromatic rings. The minimum Gasteiger partial charge on any atom is -0.379 e. The number of nitro groups is 1. The fourth-order valence-electron chi connectivity index (χ4n) is 1.51. The Morgan fingerprint density at radius 1 is 1.47 bits per heavy atom. The van der Waals surface area contributed by atoms with Crippen molar-refractivity contribution in [3.8, 4) is 0 Å². The van der Waals surface area contributed by atoms with Gasteiger partial charge in [-0.2, -0.15) is 0 Å².